The zero-order valence-corrected chi connectivity index (χ0v) is 16.4. The number of nitrogens with one attached hydrogen (secondary N) is 1. The van der Waals surface area contributed by atoms with Crippen molar-refractivity contribution in [3.8, 4) is 5.69 Å². The number of tetrazole rings is 1. The van der Waals surface area contributed by atoms with Gasteiger partial charge < -0.3 is 10.1 Å². The second-order valence-corrected chi connectivity index (χ2v) is 8.33. The molecule has 10 nitrogen and oxygen atoms in total. The Kier molecular flexibility index (Phi) is 5.53. The molecule has 1 fully saturated rings. The highest BCUT2D eigenvalue weighted by molar-refractivity contribution is 7.89. The molecular weight excluding hydrogens is 415 g/mol. The Morgan fingerprint density at radius 3 is 2.67 bits per heavy atom. The number of nitrogens with zero attached hydrogens (tertiary/aromatic N) is 5. The van der Waals surface area contributed by atoms with Gasteiger partial charge in [-0.1, -0.05) is 6.07 Å². The molecule has 3 aromatic rings. The number of carbonyl (C=O) groups is 1. The molecule has 0 saturated carbocycles. The smallest absolute Gasteiger partial charge is 0.255 e. The van der Waals surface area contributed by atoms with Crippen LogP contribution in [0.5, 0.6) is 0 Å². The largest absolute Gasteiger partial charge is 0.379 e. The second-order valence-electron chi connectivity index (χ2n) is 6.42. The summed E-state index contributed by atoms with van der Waals surface area (Å²) in [7, 11) is -4.05. The number of rotatable bonds is 5. The molecule has 2 aromatic carbocycles. The van der Waals surface area contributed by atoms with Crippen LogP contribution in [-0.2, 0) is 14.8 Å². The molecule has 0 spiro atoms. The van der Waals surface area contributed by atoms with Crippen LogP contribution in [-0.4, -0.2) is 65.1 Å². The number of halogens is 1. The van der Waals surface area contributed by atoms with Gasteiger partial charge in [-0.2, -0.15) is 4.31 Å². The Labute approximate surface area is 171 Å². The molecule has 1 amide bonds. The van der Waals surface area contributed by atoms with Gasteiger partial charge in [-0.15, -0.1) is 5.10 Å². The van der Waals surface area contributed by atoms with Gasteiger partial charge in [0.1, 0.15) is 17.0 Å². The third kappa shape index (κ3) is 4.06. The van der Waals surface area contributed by atoms with Crippen molar-refractivity contribution in [2.45, 2.75) is 4.90 Å². The number of aromatic nitrogens is 4. The van der Waals surface area contributed by atoms with Crippen molar-refractivity contribution in [3.05, 3.63) is 60.2 Å². The molecular formula is C18H17FN6O4S. The molecule has 4 rings (SSSR count). The van der Waals surface area contributed by atoms with Crippen LogP contribution < -0.4 is 5.32 Å². The normalized spacial score (nSPS) is 15.1. The number of ether oxygens (including phenoxy) is 1. The van der Waals surface area contributed by atoms with Gasteiger partial charge in [0, 0.05) is 24.3 Å². The van der Waals surface area contributed by atoms with Gasteiger partial charge in [-0.05, 0) is 46.8 Å². The van der Waals surface area contributed by atoms with Gasteiger partial charge in [0.05, 0.1) is 18.9 Å². The number of hydrogen-bond donors (Lipinski definition) is 1. The fraction of sp³-hybridized carbons (Fsp3) is 0.222. The molecule has 12 heteroatoms. The van der Waals surface area contributed by atoms with Crippen LogP contribution in [0.2, 0.25) is 0 Å². The summed E-state index contributed by atoms with van der Waals surface area (Å²) in [6.45, 7) is 0.772. The quantitative estimate of drug-likeness (QED) is 0.641. The van der Waals surface area contributed by atoms with E-state index in [0.717, 1.165) is 16.4 Å². The van der Waals surface area contributed by atoms with Crippen molar-refractivity contribution in [2.75, 3.05) is 31.6 Å². The first kappa shape index (κ1) is 20.1. The Bertz CT molecular complexity index is 1160. The van der Waals surface area contributed by atoms with E-state index in [1.165, 1.54) is 17.1 Å². The number of amides is 1. The number of hydrogen-bond acceptors (Lipinski definition) is 7. The maximum absolute atomic E-state index is 14.3. The number of anilines is 1. The summed E-state index contributed by atoms with van der Waals surface area (Å²) < 4.78 is 47.6. The maximum Gasteiger partial charge on any atom is 0.255 e. The maximum atomic E-state index is 14.3. The molecule has 2 heterocycles. The van der Waals surface area contributed by atoms with Crippen molar-refractivity contribution in [1.29, 1.82) is 0 Å². The van der Waals surface area contributed by atoms with Gasteiger partial charge in [-0.25, -0.2) is 17.5 Å². The molecule has 30 heavy (non-hydrogen) atoms. The molecule has 0 unspecified atom stereocenters. The van der Waals surface area contributed by atoms with Crippen LogP contribution in [0, 0.1) is 5.82 Å². The lowest BCUT2D eigenvalue weighted by molar-refractivity contribution is 0.0729. The molecule has 0 atom stereocenters. The third-order valence-electron chi connectivity index (χ3n) is 4.50. The van der Waals surface area contributed by atoms with Crippen LogP contribution in [0.3, 0.4) is 0 Å². The van der Waals surface area contributed by atoms with Crippen molar-refractivity contribution in [1.82, 2.24) is 24.5 Å². The molecule has 0 bridgehead atoms. The Hall–Kier alpha value is -3.22. The van der Waals surface area contributed by atoms with Crippen molar-refractivity contribution in [3.63, 3.8) is 0 Å². The van der Waals surface area contributed by atoms with Gasteiger partial charge in [0.2, 0.25) is 10.0 Å². The minimum absolute atomic E-state index is 0.141. The highest BCUT2D eigenvalue weighted by Crippen LogP contribution is 2.24. The first-order chi connectivity index (χ1) is 14.4. The van der Waals surface area contributed by atoms with E-state index in [-0.39, 0.29) is 32.0 Å². The number of benzene rings is 2. The first-order valence-electron chi connectivity index (χ1n) is 8.97. The van der Waals surface area contributed by atoms with Gasteiger partial charge in [0.15, 0.2) is 0 Å². The van der Waals surface area contributed by atoms with Crippen molar-refractivity contribution >= 4 is 21.6 Å². The van der Waals surface area contributed by atoms with Crippen LogP contribution in [0.4, 0.5) is 10.1 Å². The van der Waals surface area contributed by atoms with Gasteiger partial charge in [-0.3, -0.25) is 4.79 Å². The predicted octanol–water partition coefficient (Wildman–Crippen LogP) is 1.07. The Morgan fingerprint density at radius 1 is 1.13 bits per heavy atom. The predicted molar refractivity (Wildman–Crippen MR) is 103 cm³/mol. The van der Waals surface area contributed by atoms with Gasteiger partial charge >= 0.3 is 0 Å². The van der Waals surface area contributed by atoms with Crippen LogP contribution in [0.25, 0.3) is 5.69 Å². The Balaban J connectivity index is 1.58. The van der Waals surface area contributed by atoms with E-state index in [1.54, 1.807) is 24.3 Å². The van der Waals surface area contributed by atoms with E-state index in [1.807, 2.05) is 0 Å². The van der Waals surface area contributed by atoms with E-state index in [4.69, 9.17) is 4.74 Å². The summed E-state index contributed by atoms with van der Waals surface area (Å²) in [5, 5.41) is 13.5. The third-order valence-corrected chi connectivity index (χ3v) is 6.41. The lowest BCUT2D eigenvalue weighted by Crippen LogP contribution is -2.40. The number of sulfonamides is 1. The summed E-state index contributed by atoms with van der Waals surface area (Å²) in [6, 6.07) is 9.96. The van der Waals surface area contributed by atoms with E-state index in [2.05, 4.69) is 20.8 Å². The van der Waals surface area contributed by atoms with E-state index in [9.17, 15) is 17.6 Å². The summed E-state index contributed by atoms with van der Waals surface area (Å²) in [6.07, 6.45) is 1.39. The molecule has 1 N–H and O–H groups in total. The Morgan fingerprint density at radius 2 is 1.93 bits per heavy atom. The molecule has 0 aliphatic carbocycles. The highest BCUT2D eigenvalue weighted by atomic mass is 32.2. The molecule has 1 saturated heterocycles. The van der Waals surface area contributed by atoms with E-state index in [0.29, 0.717) is 11.3 Å². The summed E-state index contributed by atoms with van der Waals surface area (Å²) >= 11 is 0. The topological polar surface area (TPSA) is 119 Å². The molecule has 156 valence electrons. The zero-order chi connectivity index (χ0) is 21.1. The minimum atomic E-state index is -4.05. The average molecular weight is 432 g/mol. The summed E-state index contributed by atoms with van der Waals surface area (Å²) in [5.74, 6) is -1.38. The fourth-order valence-corrected chi connectivity index (χ4v) is 4.48. The zero-order valence-electron chi connectivity index (χ0n) is 15.6. The van der Waals surface area contributed by atoms with E-state index < -0.39 is 26.6 Å². The first-order valence-corrected chi connectivity index (χ1v) is 10.4. The molecule has 0 radical (unpaired) electrons. The molecule has 1 aliphatic rings. The van der Waals surface area contributed by atoms with Crippen LogP contribution in [0.15, 0.2) is 53.7 Å². The fourth-order valence-electron chi connectivity index (χ4n) is 2.98. The number of morpholine rings is 1. The SMILES string of the molecule is O=C(Nc1ccc(F)c(S(=O)(=O)N2CCOCC2)c1)c1cccc(-n2cnnn2)c1. The highest BCUT2D eigenvalue weighted by Gasteiger charge is 2.29. The minimum Gasteiger partial charge on any atom is -0.379 e. The monoisotopic (exact) mass is 432 g/mol. The summed E-state index contributed by atoms with van der Waals surface area (Å²) in [4.78, 5) is 12.1. The van der Waals surface area contributed by atoms with Crippen molar-refractivity contribution in [2.24, 2.45) is 0 Å². The standard InChI is InChI=1S/C18H17FN6O4S/c19-16-5-4-14(11-17(16)30(27,28)24-6-8-29-9-7-24)21-18(26)13-2-1-3-15(10-13)25-12-20-22-23-25/h1-5,10-12H,6-9H2,(H,21,26). The van der Waals surface area contributed by atoms with Crippen LogP contribution in [0.1, 0.15) is 10.4 Å². The number of carbonyl (C=O) groups excluding carboxylic acids is 1. The second kappa shape index (κ2) is 8.26. The van der Waals surface area contributed by atoms with Crippen molar-refractivity contribution < 1.29 is 22.3 Å². The van der Waals surface area contributed by atoms with Crippen LogP contribution >= 0.6 is 0 Å². The van der Waals surface area contributed by atoms with Gasteiger partial charge in [0.25, 0.3) is 5.91 Å². The molecule has 1 aromatic heterocycles. The average Bonchev–Trinajstić information content (AvgIpc) is 3.31. The van der Waals surface area contributed by atoms with E-state index >= 15 is 0 Å². The molecule has 1 aliphatic heterocycles. The lowest BCUT2D eigenvalue weighted by Gasteiger charge is -2.26. The lowest BCUT2D eigenvalue weighted by atomic mass is 10.2. The summed E-state index contributed by atoms with van der Waals surface area (Å²) in [5.41, 5.74) is 1.02.